The normalized spacial score (nSPS) is 11.0. The van der Waals surface area contributed by atoms with Crippen LogP contribution in [0.1, 0.15) is 32.6 Å². The van der Waals surface area contributed by atoms with E-state index in [9.17, 15) is 9.59 Å². The molecule has 4 nitrogen and oxygen atoms in total. The van der Waals surface area contributed by atoms with Gasteiger partial charge in [0.05, 0.1) is 12.8 Å². The Morgan fingerprint density at radius 2 is 1.71 bits per heavy atom. The zero-order chi connectivity index (χ0) is 11.0. The molecule has 0 radical (unpaired) electrons. The van der Waals surface area contributed by atoms with Gasteiger partial charge in [-0.3, -0.25) is 9.59 Å². The summed E-state index contributed by atoms with van der Waals surface area (Å²) in [5, 5.41) is 17.1. The Labute approximate surface area is 83.2 Å². The maximum absolute atomic E-state index is 10.4. The van der Waals surface area contributed by atoms with E-state index in [-0.39, 0.29) is 12.8 Å². The van der Waals surface area contributed by atoms with E-state index in [1.54, 1.807) is 6.08 Å². The predicted molar refractivity (Wildman–Crippen MR) is 52.0 cm³/mol. The van der Waals surface area contributed by atoms with Gasteiger partial charge in [0.2, 0.25) is 0 Å². The van der Waals surface area contributed by atoms with Crippen LogP contribution >= 0.6 is 0 Å². The first-order valence-electron chi connectivity index (χ1n) is 4.66. The highest BCUT2D eigenvalue weighted by molar-refractivity contribution is 5.71. The SMILES string of the molecule is CCC/C=C/C(CC(=O)O)CC(=O)O. The fourth-order valence-electron chi connectivity index (χ4n) is 1.11. The van der Waals surface area contributed by atoms with Gasteiger partial charge in [0.15, 0.2) is 0 Å². The highest BCUT2D eigenvalue weighted by Crippen LogP contribution is 2.11. The minimum absolute atomic E-state index is 0.119. The summed E-state index contributed by atoms with van der Waals surface area (Å²) in [6, 6.07) is 0. The van der Waals surface area contributed by atoms with Crippen LogP contribution in [0.4, 0.5) is 0 Å². The Morgan fingerprint density at radius 1 is 1.21 bits per heavy atom. The molecule has 0 saturated heterocycles. The lowest BCUT2D eigenvalue weighted by Crippen LogP contribution is -2.10. The predicted octanol–water partition coefficient (Wildman–Crippen LogP) is 1.91. The van der Waals surface area contributed by atoms with Gasteiger partial charge in [0.25, 0.3) is 0 Å². The number of carboxylic acids is 2. The van der Waals surface area contributed by atoms with Crippen LogP contribution in [0.3, 0.4) is 0 Å². The van der Waals surface area contributed by atoms with Crippen molar-refractivity contribution in [2.45, 2.75) is 32.6 Å². The van der Waals surface area contributed by atoms with Crippen molar-refractivity contribution in [3.8, 4) is 0 Å². The Hall–Kier alpha value is -1.32. The van der Waals surface area contributed by atoms with Crippen LogP contribution in [0, 0.1) is 5.92 Å². The molecular formula is C10H16O4. The molecule has 0 fully saturated rings. The third-order valence-electron chi connectivity index (χ3n) is 1.74. The number of aliphatic carboxylic acids is 2. The first kappa shape index (κ1) is 12.7. The van der Waals surface area contributed by atoms with Crippen LogP contribution in [0.15, 0.2) is 12.2 Å². The van der Waals surface area contributed by atoms with Gasteiger partial charge in [-0.1, -0.05) is 25.5 Å². The highest BCUT2D eigenvalue weighted by atomic mass is 16.4. The summed E-state index contributed by atoms with van der Waals surface area (Å²) in [5.74, 6) is -2.31. The minimum Gasteiger partial charge on any atom is -0.481 e. The van der Waals surface area contributed by atoms with Crippen LogP contribution in [-0.2, 0) is 9.59 Å². The number of hydrogen-bond acceptors (Lipinski definition) is 2. The third-order valence-corrected chi connectivity index (χ3v) is 1.74. The molecule has 0 saturated carbocycles. The summed E-state index contributed by atoms with van der Waals surface area (Å²) < 4.78 is 0. The molecule has 0 aliphatic heterocycles. The molecule has 0 aromatic carbocycles. The van der Waals surface area contributed by atoms with Gasteiger partial charge in [0.1, 0.15) is 0 Å². The van der Waals surface area contributed by atoms with Gasteiger partial charge in [0, 0.05) is 0 Å². The second kappa shape index (κ2) is 7.12. The van der Waals surface area contributed by atoms with Gasteiger partial charge in [-0.05, 0) is 12.3 Å². The molecule has 0 amide bonds. The lowest BCUT2D eigenvalue weighted by molar-refractivity contribution is -0.139. The molecule has 0 aromatic heterocycles. The zero-order valence-electron chi connectivity index (χ0n) is 8.27. The van der Waals surface area contributed by atoms with E-state index in [0.717, 1.165) is 12.8 Å². The molecule has 0 aliphatic rings. The van der Waals surface area contributed by atoms with Crippen molar-refractivity contribution in [3.05, 3.63) is 12.2 Å². The lowest BCUT2D eigenvalue weighted by atomic mass is 10.0. The number of carbonyl (C=O) groups is 2. The first-order chi connectivity index (χ1) is 6.56. The first-order valence-corrected chi connectivity index (χ1v) is 4.66. The quantitative estimate of drug-likeness (QED) is 0.615. The van der Waals surface area contributed by atoms with Crippen molar-refractivity contribution in [2.24, 2.45) is 5.92 Å². The van der Waals surface area contributed by atoms with E-state index in [4.69, 9.17) is 10.2 Å². The van der Waals surface area contributed by atoms with Crippen LogP contribution < -0.4 is 0 Å². The van der Waals surface area contributed by atoms with Crippen LogP contribution in [0.25, 0.3) is 0 Å². The number of carboxylic acid groups (broad SMARTS) is 2. The maximum atomic E-state index is 10.4. The van der Waals surface area contributed by atoms with Crippen molar-refractivity contribution in [3.63, 3.8) is 0 Å². The molecule has 0 aliphatic carbocycles. The van der Waals surface area contributed by atoms with Crippen LogP contribution in [0.2, 0.25) is 0 Å². The summed E-state index contributed by atoms with van der Waals surface area (Å²) >= 11 is 0. The van der Waals surface area contributed by atoms with Crippen molar-refractivity contribution < 1.29 is 19.8 Å². The van der Waals surface area contributed by atoms with E-state index in [0.29, 0.717) is 0 Å². The second-order valence-corrected chi connectivity index (χ2v) is 3.17. The molecule has 2 N–H and O–H groups in total. The van der Waals surface area contributed by atoms with Gasteiger partial charge in [-0.25, -0.2) is 0 Å². The van der Waals surface area contributed by atoms with E-state index in [2.05, 4.69) is 0 Å². The molecule has 80 valence electrons. The smallest absolute Gasteiger partial charge is 0.303 e. The Balaban J connectivity index is 4.09. The topological polar surface area (TPSA) is 74.6 Å². The summed E-state index contributed by atoms with van der Waals surface area (Å²) in [7, 11) is 0. The van der Waals surface area contributed by atoms with Gasteiger partial charge in [-0.15, -0.1) is 0 Å². The standard InChI is InChI=1S/C10H16O4/c1-2-3-4-5-8(6-9(11)12)7-10(13)14/h4-5,8H,2-3,6-7H2,1H3,(H,11,12)(H,13,14)/b5-4+. The Bertz CT molecular complexity index is 204. The molecule has 0 spiro atoms. The number of unbranched alkanes of at least 4 members (excludes halogenated alkanes) is 1. The molecule has 4 heteroatoms. The van der Waals surface area contributed by atoms with Gasteiger partial charge < -0.3 is 10.2 Å². The molecule has 0 atom stereocenters. The average molecular weight is 200 g/mol. The Morgan fingerprint density at radius 3 is 2.07 bits per heavy atom. The third kappa shape index (κ3) is 7.34. The highest BCUT2D eigenvalue weighted by Gasteiger charge is 2.13. The molecule has 0 bridgehead atoms. The van der Waals surface area contributed by atoms with Crippen LogP contribution in [0.5, 0.6) is 0 Å². The number of rotatable bonds is 7. The second-order valence-electron chi connectivity index (χ2n) is 3.17. The van der Waals surface area contributed by atoms with E-state index < -0.39 is 17.9 Å². The van der Waals surface area contributed by atoms with E-state index in [1.807, 2.05) is 13.0 Å². The van der Waals surface area contributed by atoms with Crippen molar-refractivity contribution in [2.75, 3.05) is 0 Å². The Kier molecular flexibility index (Phi) is 6.45. The van der Waals surface area contributed by atoms with Crippen molar-refractivity contribution >= 4 is 11.9 Å². The summed E-state index contributed by atoms with van der Waals surface area (Å²) in [6.07, 6.45) is 5.13. The van der Waals surface area contributed by atoms with E-state index >= 15 is 0 Å². The fourth-order valence-corrected chi connectivity index (χ4v) is 1.11. The molecule has 14 heavy (non-hydrogen) atoms. The van der Waals surface area contributed by atoms with Gasteiger partial charge >= 0.3 is 11.9 Å². The largest absolute Gasteiger partial charge is 0.481 e. The minimum atomic E-state index is -0.961. The summed E-state index contributed by atoms with van der Waals surface area (Å²) in [4.78, 5) is 20.8. The fraction of sp³-hybridized carbons (Fsp3) is 0.600. The van der Waals surface area contributed by atoms with Gasteiger partial charge in [-0.2, -0.15) is 0 Å². The zero-order valence-corrected chi connectivity index (χ0v) is 8.27. The lowest BCUT2D eigenvalue weighted by Gasteiger charge is -2.05. The molecule has 0 rings (SSSR count). The van der Waals surface area contributed by atoms with Crippen molar-refractivity contribution in [1.82, 2.24) is 0 Å². The average Bonchev–Trinajstić information content (AvgIpc) is 2.02. The molecular weight excluding hydrogens is 184 g/mol. The maximum Gasteiger partial charge on any atom is 0.303 e. The summed E-state index contributed by atoms with van der Waals surface area (Å²) in [5.41, 5.74) is 0. The summed E-state index contributed by atoms with van der Waals surface area (Å²) in [6.45, 7) is 2.01. The number of allylic oxidation sites excluding steroid dienone is 2. The number of hydrogen-bond donors (Lipinski definition) is 2. The van der Waals surface area contributed by atoms with Crippen molar-refractivity contribution in [1.29, 1.82) is 0 Å². The molecule has 0 unspecified atom stereocenters. The molecule has 0 aromatic rings. The monoisotopic (exact) mass is 200 g/mol. The van der Waals surface area contributed by atoms with E-state index in [1.165, 1.54) is 0 Å². The van der Waals surface area contributed by atoms with Crippen LogP contribution in [-0.4, -0.2) is 22.2 Å². The molecule has 0 heterocycles.